The van der Waals surface area contributed by atoms with Crippen molar-refractivity contribution in [2.45, 2.75) is 38.7 Å². The Hall–Kier alpha value is -2.43. The maximum absolute atomic E-state index is 13.1. The number of carbonyl (C=O) groups excluding carboxylic acids is 1. The van der Waals surface area contributed by atoms with Crippen LogP contribution < -0.4 is 4.74 Å². The van der Waals surface area contributed by atoms with Crippen LogP contribution in [0.15, 0.2) is 36.4 Å². The maximum atomic E-state index is 13.1. The Labute approximate surface area is 140 Å². The maximum Gasteiger partial charge on any atom is 0.344 e. The number of halogens is 1. The van der Waals surface area contributed by atoms with Crippen LogP contribution in [-0.2, 0) is 4.74 Å². The first-order chi connectivity index (χ1) is 11.6. The molecular formula is C19H20FNO3. The Morgan fingerprint density at radius 3 is 2.46 bits per heavy atom. The minimum atomic E-state index is -0.407. The smallest absolute Gasteiger partial charge is 0.344 e. The zero-order chi connectivity index (χ0) is 17.2. The van der Waals surface area contributed by atoms with Crippen molar-refractivity contribution in [1.29, 1.82) is 0 Å². The molecule has 0 N–H and O–H groups in total. The third-order valence-electron chi connectivity index (χ3n) is 4.26. The molecule has 4 nitrogen and oxygen atoms in total. The van der Waals surface area contributed by atoms with E-state index < -0.39 is 5.97 Å². The molecule has 0 radical (unpaired) electrons. The standard InChI is InChI=1S/C19H20FNO3/c1-3-19(11-12-19)24-18(22)15-9-10-16(21-17(15)23-4-2)13-5-7-14(20)8-6-13/h5-10H,3-4,11-12H2,1-2H3. The molecular weight excluding hydrogens is 309 g/mol. The Kier molecular flexibility index (Phi) is 4.51. The summed E-state index contributed by atoms with van der Waals surface area (Å²) in [5.41, 5.74) is 1.38. The highest BCUT2D eigenvalue weighted by atomic mass is 19.1. The van der Waals surface area contributed by atoms with Crippen LogP contribution in [0.5, 0.6) is 5.88 Å². The van der Waals surface area contributed by atoms with Crippen LogP contribution in [0.25, 0.3) is 11.3 Å². The molecule has 1 aliphatic carbocycles. The van der Waals surface area contributed by atoms with Gasteiger partial charge in [0.2, 0.25) is 5.88 Å². The van der Waals surface area contributed by atoms with E-state index in [0.717, 1.165) is 24.8 Å². The van der Waals surface area contributed by atoms with E-state index in [4.69, 9.17) is 9.47 Å². The number of benzene rings is 1. The van der Waals surface area contributed by atoms with Crippen molar-refractivity contribution in [1.82, 2.24) is 4.98 Å². The highest BCUT2D eigenvalue weighted by Crippen LogP contribution is 2.43. The zero-order valence-corrected chi connectivity index (χ0v) is 13.8. The second-order valence-corrected chi connectivity index (χ2v) is 5.92. The number of ether oxygens (including phenoxy) is 2. The van der Waals surface area contributed by atoms with E-state index in [-0.39, 0.29) is 17.3 Å². The summed E-state index contributed by atoms with van der Waals surface area (Å²) in [5.74, 6) is -0.467. The van der Waals surface area contributed by atoms with Gasteiger partial charge in [-0.15, -0.1) is 0 Å². The minimum Gasteiger partial charge on any atom is -0.477 e. The van der Waals surface area contributed by atoms with Gasteiger partial charge in [-0.25, -0.2) is 14.2 Å². The highest BCUT2D eigenvalue weighted by Gasteiger charge is 2.45. The van der Waals surface area contributed by atoms with E-state index in [0.29, 0.717) is 17.9 Å². The average Bonchev–Trinajstić information content (AvgIpc) is 3.36. The molecule has 0 saturated heterocycles. The first-order valence-corrected chi connectivity index (χ1v) is 8.20. The fourth-order valence-corrected chi connectivity index (χ4v) is 2.54. The molecule has 0 unspecified atom stereocenters. The predicted molar refractivity (Wildman–Crippen MR) is 88.5 cm³/mol. The second kappa shape index (κ2) is 6.59. The van der Waals surface area contributed by atoms with Crippen LogP contribution in [-0.4, -0.2) is 23.2 Å². The molecule has 24 heavy (non-hydrogen) atoms. The molecule has 1 heterocycles. The van der Waals surface area contributed by atoms with E-state index >= 15 is 0 Å². The van der Waals surface area contributed by atoms with Gasteiger partial charge in [0.05, 0.1) is 12.3 Å². The predicted octanol–water partition coefficient (Wildman–Crippen LogP) is 4.39. The fraction of sp³-hybridized carbons (Fsp3) is 0.368. The minimum absolute atomic E-state index is 0.247. The Bertz CT molecular complexity index is 739. The molecule has 5 heteroatoms. The molecule has 0 aliphatic heterocycles. The van der Waals surface area contributed by atoms with Gasteiger partial charge < -0.3 is 9.47 Å². The topological polar surface area (TPSA) is 48.4 Å². The van der Waals surface area contributed by atoms with Crippen LogP contribution in [0, 0.1) is 5.82 Å². The molecule has 3 rings (SSSR count). The van der Waals surface area contributed by atoms with Crippen molar-refractivity contribution in [3.05, 3.63) is 47.8 Å². The lowest BCUT2D eigenvalue weighted by Gasteiger charge is -2.16. The van der Waals surface area contributed by atoms with E-state index in [1.165, 1.54) is 12.1 Å². The second-order valence-electron chi connectivity index (χ2n) is 5.92. The SMILES string of the molecule is CCOc1nc(-c2ccc(F)cc2)ccc1C(=O)OC1(CC)CC1. The number of hydrogen-bond donors (Lipinski definition) is 0. The number of nitrogens with zero attached hydrogens (tertiary/aromatic N) is 1. The van der Waals surface area contributed by atoms with Gasteiger partial charge in [-0.1, -0.05) is 6.92 Å². The summed E-state index contributed by atoms with van der Waals surface area (Å²) in [5, 5.41) is 0. The first-order valence-electron chi connectivity index (χ1n) is 8.20. The van der Waals surface area contributed by atoms with E-state index in [2.05, 4.69) is 4.98 Å². The number of pyridine rings is 1. The van der Waals surface area contributed by atoms with Gasteiger partial charge in [0, 0.05) is 5.56 Å². The van der Waals surface area contributed by atoms with Gasteiger partial charge >= 0.3 is 5.97 Å². The molecule has 1 aromatic heterocycles. The van der Waals surface area contributed by atoms with Crippen LogP contribution >= 0.6 is 0 Å². The van der Waals surface area contributed by atoms with Crippen LogP contribution in [0.2, 0.25) is 0 Å². The van der Waals surface area contributed by atoms with E-state index in [1.807, 2.05) is 13.8 Å². The van der Waals surface area contributed by atoms with Gasteiger partial charge in [0.1, 0.15) is 17.0 Å². The Morgan fingerprint density at radius 1 is 1.17 bits per heavy atom. The molecule has 126 valence electrons. The monoisotopic (exact) mass is 329 g/mol. The summed E-state index contributed by atoms with van der Waals surface area (Å²) in [6.07, 6.45) is 2.62. The van der Waals surface area contributed by atoms with Crippen LogP contribution in [0.1, 0.15) is 43.5 Å². The summed E-state index contributed by atoms with van der Waals surface area (Å²) in [6.45, 7) is 4.23. The third kappa shape index (κ3) is 3.40. The van der Waals surface area contributed by atoms with E-state index in [9.17, 15) is 9.18 Å². The van der Waals surface area contributed by atoms with Crippen LogP contribution in [0.3, 0.4) is 0 Å². The van der Waals surface area contributed by atoms with Gasteiger partial charge in [-0.3, -0.25) is 0 Å². The molecule has 1 fully saturated rings. The van der Waals surface area contributed by atoms with Crippen molar-refractivity contribution in [3.8, 4) is 17.1 Å². The van der Waals surface area contributed by atoms with Gasteiger partial charge in [0.15, 0.2) is 0 Å². The number of carbonyl (C=O) groups is 1. The van der Waals surface area contributed by atoms with Gasteiger partial charge in [0.25, 0.3) is 0 Å². The first kappa shape index (κ1) is 16.4. The lowest BCUT2D eigenvalue weighted by atomic mass is 10.1. The lowest BCUT2D eigenvalue weighted by Crippen LogP contribution is -2.19. The summed E-state index contributed by atoms with van der Waals surface area (Å²) in [6, 6.07) is 9.40. The molecule has 1 aromatic carbocycles. The summed E-state index contributed by atoms with van der Waals surface area (Å²) >= 11 is 0. The van der Waals surface area contributed by atoms with Crippen molar-refractivity contribution >= 4 is 5.97 Å². The number of rotatable bonds is 6. The molecule has 0 atom stereocenters. The van der Waals surface area contributed by atoms with Crippen molar-refractivity contribution < 1.29 is 18.7 Å². The van der Waals surface area contributed by atoms with Crippen molar-refractivity contribution in [2.24, 2.45) is 0 Å². The average molecular weight is 329 g/mol. The van der Waals surface area contributed by atoms with Gasteiger partial charge in [-0.2, -0.15) is 0 Å². The quantitative estimate of drug-likeness (QED) is 0.738. The third-order valence-corrected chi connectivity index (χ3v) is 4.26. The lowest BCUT2D eigenvalue weighted by molar-refractivity contribution is 0.0211. The summed E-state index contributed by atoms with van der Waals surface area (Å²) in [4.78, 5) is 16.9. The Morgan fingerprint density at radius 2 is 1.88 bits per heavy atom. The van der Waals surface area contributed by atoms with Crippen molar-refractivity contribution in [3.63, 3.8) is 0 Å². The van der Waals surface area contributed by atoms with Crippen LogP contribution in [0.4, 0.5) is 4.39 Å². The summed E-state index contributed by atoms with van der Waals surface area (Å²) < 4.78 is 24.2. The molecule has 0 spiro atoms. The zero-order valence-electron chi connectivity index (χ0n) is 13.8. The number of esters is 1. The fourth-order valence-electron chi connectivity index (χ4n) is 2.54. The molecule has 1 aliphatic rings. The molecule has 0 amide bonds. The number of aromatic nitrogens is 1. The van der Waals surface area contributed by atoms with Crippen molar-refractivity contribution in [2.75, 3.05) is 6.61 Å². The van der Waals surface area contributed by atoms with E-state index in [1.54, 1.807) is 24.3 Å². The van der Waals surface area contributed by atoms with Gasteiger partial charge in [-0.05, 0) is 62.6 Å². The number of hydrogen-bond acceptors (Lipinski definition) is 4. The highest BCUT2D eigenvalue weighted by molar-refractivity contribution is 5.92. The largest absolute Gasteiger partial charge is 0.477 e. The normalized spacial score (nSPS) is 15.0. The molecule has 1 saturated carbocycles. The molecule has 0 bridgehead atoms. The molecule has 2 aromatic rings. The summed E-state index contributed by atoms with van der Waals surface area (Å²) in [7, 11) is 0. The Balaban J connectivity index is 1.89.